The molecule has 5 rings (SSSR count). The monoisotopic (exact) mass is 460 g/mol. The minimum Gasteiger partial charge on any atom is -0.307 e. The van der Waals surface area contributed by atoms with Gasteiger partial charge in [-0.1, -0.05) is 42.5 Å². The Hall–Kier alpha value is -3.65. The Morgan fingerprint density at radius 2 is 1.88 bits per heavy atom. The summed E-state index contributed by atoms with van der Waals surface area (Å²) in [4.78, 5) is 13.0. The fourth-order valence-corrected chi connectivity index (χ4v) is 5.86. The number of anilines is 2. The summed E-state index contributed by atoms with van der Waals surface area (Å²) < 4.78 is 27.5. The number of carbonyl (C=O) groups excluding carboxylic acids is 1. The van der Waals surface area contributed by atoms with Gasteiger partial charge in [0.05, 0.1) is 24.7 Å². The highest BCUT2D eigenvalue weighted by Gasteiger charge is 2.32. The summed E-state index contributed by atoms with van der Waals surface area (Å²) in [5, 5.41) is 9.65. The number of aromatic nitrogens is 2. The van der Waals surface area contributed by atoms with E-state index in [0.717, 1.165) is 21.9 Å². The number of nitrogens with zero attached hydrogens (tertiary/aromatic N) is 3. The first-order valence-corrected chi connectivity index (χ1v) is 12.6. The number of amides is 1. The molecule has 0 saturated carbocycles. The van der Waals surface area contributed by atoms with Crippen molar-refractivity contribution in [3.05, 3.63) is 89.6 Å². The van der Waals surface area contributed by atoms with Crippen molar-refractivity contribution >= 4 is 38.2 Å². The molecule has 1 N–H and O–H groups in total. The van der Waals surface area contributed by atoms with E-state index in [0.29, 0.717) is 30.0 Å². The first-order chi connectivity index (χ1) is 15.8. The van der Waals surface area contributed by atoms with Crippen molar-refractivity contribution in [3.63, 3.8) is 0 Å². The van der Waals surface area contributed by atoms with Gasteiger partial charge in [-0.25, -0.2) is 13.1 Å². The van der Waals surface area contributed by atoms with E-state index in [-0.39, 0.29) is 11.9 Å². The van der Waals surface area contributed by atoms with Gasteiger partial charge in [-0.3, -0.25) is 9.10 Å². The summed E-state index contributed by atoms with van der Waals surface area (Å²) >= 11 is 0. The van der Waals surface area contributed by atoms with Gasteiger partial charge >= 0.3 is 0 Å². The Morgan fingerprint density at radius 3 is 2.70 bits per heavy atom. The van der Waals surface area contributed by atoms with Gasteiger partial charge in [0.2, 0.25) is 10.0 Å². The van der Waals surface area contributed by atoms with E-state index in [1.165, 1.54) is 10.6 Å². The first-order valence-electron chi connectivity index (χ1n) is 10.7. The Labute approximate surface area is 192 Å². The lowest BCUT2D eigenvalue weighted by Crippen LogP contribution is -2.34. The van der Waals surface area contributed by atoms with Gasteiger partial charge in [0, 0.05) is 17.7 Å². The van der Waals surface area contributed by atoms with Crippen LogP contribution in [0.1, 0.15) is 28.4 Å². The number of benzene rings is 3. The maximum Gasteiger partial charge on any atom is 0.256 e. The van der Waals surface area contributed by atoms with Crippen LogP contribution in [0.4, 0.5) is 11.5 Å². The minimum absolute atomic E-state index is 0.171. The predicted octanol–water partition coefficient (Wildman–Crippen LogP) is 4.05. The van der Waals surface area contributed by atoms with Crippen molar-refractivity contribution in [2.75, 3.05) is 15.9 Å². The fraction of sp³-hybridized carbons (Fsp3) is 0.200. The van der Waals surface area contributed by atoms with Crippen molar-refractivity contribution in [3.8, 4) is 0 Å². The molecule has 0 fully saturated rings. The lowest BCUT2D eigenvalue weighted by Gasteiger charge is -2.21. The van der Waals surface area contributed by atoms with Crippen LogP contribution in [0.5, 0.6) is 0 Å². The summed E-state index contributed by atoms with van der Waals surface area (Å²) in [6.45, 7) is 2.39. The largest absolute Gasteiger partial charge is 0.307 e. The molecule has 0 bridgehead atoms. The molecule has 1 aromatic heterocycles. The topological polar surface area (TPSA) is 84.3 Å². The molecule has 0 saturated heterocycles. The summed E-state index contributed by atoms with van der Waals surface area (Å²) in [6.07, 6.45) is 3.44. The van der Waals surface area contributed by atoms with Crippen LogP contribution in [0.3, 0.4) is 0 Å². The van der Waals surface area contributed by atoms with Crippen LogP contribution < -0.4 is 9.62 Å². The van der Waals surface area contributed by atoms with Gasteiger partial charge in [-0.2, -0.15) is 5.10 Å². The van der Waals surface area contributed by atoms with E-state index in [1.807, 2.05) is 25.1 Å². The van der Waals surface area contributed by atoms with E-state index in [9.17, 15) is 13.2 Å². The highest BCUT2D eigenvalue weighted by Crippen LogP contribution is 2.34. The van der Waals surface area contributed by atoms with Crippen molar-refractivity contribution in [1.29, 1.82) is 0 Å². The average Bonchev–Trinajstić information content (AvgIpc) is 3.35. The Kier molecular flexibility index (Phi) is 5.17. The number of carbonyl (C=O) groups is 1. The van der Waals surface area contributed by atoms with E-state index in [1.54, 1.807) is 35.1 Å². The van der Waals surface area contributed by atoms with Crippen molar-refractivity contribution in [2.24, 2.45) is 0 Å². The smallest absolute Gasteiger partial charge is 0.256 e. The zero-order valence-electron chi connectivity index (χ0n) is 18.4. The van der Waals surface area contributed by atoms with Crippen molar-refractivity contribution < 1.29 is 13.2 Å². The molecule has 0 radical (unpaired) electrons. The maximum absolute atomic E-state index is 13.0. The van der Waals surface area contributed by atoms with E-state index in [4.69, 9.17) is 0 Å². The predicted molar refractivity (Wildman–Crippen MR) is 130 cm³/mol. The SMILES string of the molecule is CC1Cc2cc(C(=O)Nc3ccnn3Cc3cccc4ccccc34)ccc2N1S(C)(=O)=O. The molecule has 3 aromatic carbocycles. The van der Waals surface area contributed by atoms with Crippen LogP contribution in [-0.2, 0) is 23.0 Å². The quantitative estimate of drug-likeness (QED) is 0.487. The zero-order chi connectivity index (χ0) is 23.2. The van der Waals surface area contributed by atoms with Gasteiger partial charge < -0.3 is 5.32 Å². The average molecular weight is 461 g/mol. The van der Waals surface area contributed by atoms with E-state index >= 15 is 0 Å². The molecule has 4 aromatic rings. The third kappa shape index (κ3) is 3.98. The van der Waals surface area contributed by atoms with E-state index in [2.05, 4.69) is 34.7 Å². The maximum atomic E-state index is 13.0. The van der Waals surface area contributed by atoms with Crippen LogP contribution in [0, 0.1) is 0 Å². The van der Waals surface area contributed by atoms with Gasteiger partial charge in [0.15, 0.2) is 0 Å². The summed E-state index contributed by atoms with van der Waals surface area (Å²) in [7, 11) is -3.37. The molecule has 168 valence electrons. The van der Waals surface area contributed by atoms with Crippen LogP contribution in [-0.4, -0.2) is 36.4 Å². The number of fused-ring (bicyclic) bond motifs is 2. The number of hydrogen-bond donors (Lipinski definition) is 1. The highest BCUT2D eigenvalue weighted by molar-refractivity contribution is 7.92. The Bertz CT molecular complexity index is 1470. The van der Waals surface area contributed by atoms with Gasteiger partial charge in [-0.05, 0) is 53.4 Å². The minimum atomic E-state index is -3.37. The third-order valence-electron chi connectivity index (χ3n) is 6.01. The summed E-state index contributed by atoms with van der Waals surface area (Å²) in [5.74, 6) is 0.336. The van der Waals surface area contributed by atoms with Crippen LogP contribution in [0.25, 0.3) is 10.8 Å². The third-order valence-corrected chi connectivity index (χ3v) is 7.28. The Morgan fingerprint density at radius 1 is 1.09 bits per heavy atom. The van der Waals surface area contributed by atoms with Gasteiger partial charge in [0.1, 0.15) is 5.82 Å². The highest BCUT2D eigenvalue weighted by atomic mass is 32.2. The van der Waals surface area contributed by atoms with Crippen molar-refractivity contribution in [1.82, 2.24) is 9.78 Å². The standard InChI is InChI=1S/C25H24N4O3S/c1-17-14-21-15-19(10-11-23(21)29(17)33(2,31)32)25(30)27-24-12-13-26-28(24)16-20-8-5-7-18-6-3-4-9-22(18)20/h3-13,15,17H,14,16H2,1-2H3,(H,27,30). The molecule has 1 aliphatic rings. The molecular weight excluding hydrogens is 436 g/mol. The fourth-order valence-electron chi connectivity index (χ4n) is 4.59. The second-order valence-electron chi connectivity index (χ2n) is 8.42. The van der Waals surface area contributed by atoms with Crippen molar-refractivity contribution in [2.45, 2.75) is 25.9 Å². The van der Waals surface area contributed by atoms with Crippen LogP contribution in [0.2, 0.25) is 0 Å². The molecule has 33 heavy (non-hydrogen) atoms. The van der Waals surface area contributed by atoms with Crippen LogP contribution >= 0.6 is 0 Å². The zero-order valence-corrected chi connectivity index (χ0v) is 19.2. The number of nitrogens with one attached hydrogen (secondary N) is 1. The number of sulfonamides is 1. The number of hydrogen-bond acceptors (Lipinski definition) is 4. The molecular formula is C25H24N4O3S. The lowest BCUT2D eigenvalue weighted by molar-refractivity contribution is 0.102. The van der Waals surface area contributed by atoms with E-state index < -0.39 is 10.0 Å². The van der Waals surface area contributed by atoms with Gasteiger partial charge in [-0.15, -0.1) is 0 Å². The summed E-state index contributed by atoms with van der Waals surface area (Å²) in [6, 6.07) is 21.1. The molecule has 0 aliphatic carbocycles. The Balaban J connectivity index is 1.38. The second-order valence-corrected chi connectivity index (χ2v) is 10.3. The molecule has 1 aliphatic heterocycles. The molecule has 1 amide bonds. The number of rotatable bonds is 5. The summed E-state index contributed by atoms with van der Waals surface area (Å²) in [5.41, 5.74) is 3.08. The van der Waals surface area contributed by atoms with Gasteiger partial charge in [0.25, 0.3) is 5.91 Å². The second kappa shape index (κ2) is 8.04. The molecule has 2 heterocycles. The normalized spacial score (nSPS) is 15.6. The molecule has 7 nitrogen and oxygen atoms in total. The van der Waals surface area contributed by atoms with Crippen LogP contribution in [0.15, 0.2) is 72.9 Å². The molecule has 0 spiro atoms. The first kappa shape index (κ1) is 21.2. The molecule has 8 heteroatoms. The molecule has 1 unspecified atom stereocenters. The lowest BCUT2D eigenvalue weighted by atomic mass is 10.0. The molecule has 1 atom stereocenters.